The number of benzene rings is 1. The molecule has 0 aliphatic rings. The molecule has 0 heterocycles. The molecule has 4 nitrogen and oxygen atoms in total. The first-order valence-corrected chi connectivity index (χ1v) is 6.51. The lowest BCUT2D eigenvalue weighted by Gasteiger charge is -2.09. The fraction of sp³-hybridized carbons (Fsp3) is 0.273. The third kappa shape index (κ3) is 4.47. The number of amides is 1. The average molecular weight is 365 g/mol. The van der Waals surface area contributed by atoms with E-state index in [1.165, 1.54) is 7.11 Å². The van der Waals surface area contributed by atoms with Gasteiger partial charge < -0.3 is 10.1 Å². The summed E-state index contributed by atoms with van der Waals surface area (Å²) in [4.78, 5) is 22.3. The molecular formula is C11H11Br2NO3. The van der Waals surface area contributed by atoms with Crippen LogP contribution in [0.15, 0.2) is 28.7 Å². The molecule has 0 aliphatic heterocycles. The predicted octanol–water partition coefficient (Wildman–Crippen LogP) is 2.12. The first-order chi connectivity index (χ1) is 8.04. The van der Waals surface area contributed by atoms with Crippen molar-refractivity contribution in [2.45, 2.75) is 4.83 Å². The van der Waals surface area contributed by atoms with Gasteiger partial charge in [0.05, 0.1) is 7.11 Å². The van der Waals surface area contributed by atoms with Crippen molar-refractivity contribution < 1.29 is 14.3 Å². The monoisotopic (exact) mass is 363 g/mol. The Morgan fingerprint density at radius 2 is 2.18 bits per heavy atom. The number of alkyl halides is 1. The number of carbonyl (C=O) groups is 2. The lowest BCUT2D eigenvalue weighted by atomic mass is 10.2. The summed E-state index contributed by atoms with van der Waals surface area (Å²) in [5.41, 5.74) is 0.531. The Hall–Kier alpha value is -0.880. The second-order valence-electron chi connectivity index (χ2n) is 3.21. The molecule has 0 aliphatic carbocycles. The average Bonchev–Trinajstić information content (AvgIpc) is 2.34. The molecular weight excluding hydrogens is 354 g/mol. The van der Waals surface area contributed by atoms with Crippen LogP contribution in [0.25, 0.3) is 0 Å². The van der Waals surface area contributed by atoms with Crippen molar-refractivity contribution in [1.29, 1.82) is 0 Å². The summed E-state index contributed by atoms with van der Waals surface area (Å²) in [6.07, 6.45) is 0. The van der Waals surface area contributed by atoms with Crippen molar-refractivity contribution in [3.8, 4) is 0 Å². The highest BCUT2D eigenvalue weighted by Crippen LogP contribution is 2.11. The van der Waals surface area contributed by atoms with Gasteiger partial charge in [0.2, 0.25) is 0 Å². The summed E-state index contributed by atoms with van der Waals surface area (Å²) in [5, 5.41) is 2.63. The highest BCUT2D eigenvalue weighted by atomic mass is 79.9. The molecule has 17 heavy (non-hydrogen) atoms. The highest BCUT2D eigenvalue weighted by Gasteiger charge is 2.16. The van der Waals surface area contributed by atoms with Crippen molar-refractivity contribution in [1.82, 2.24) is 5.32 Å². The number of rotatable bonds is 4. The fourth-order valence-corrected chi connectivity index (χ4v) is 1.87. The van der Waals surface area contributed by atoms with Gasteiger partial charge in [0.15, 0.2) is 0 Å². The lowest BCUT2D eigenvalue weighted by molar-refractivity contribution is -0.139. The van der Waals surface area contributed by atoms with E-state index < -0.39 is 10.8 Å². The van der Waals surface area contributed by atoms with Crippen LogP contribution < -0.4 is 5.32 Å². The van der Waals surface area contributed by atoms with Crippen LogP contribution in [-0.4, -0.2) is 30.4 Å². The third-order valence-electron chi connectivity index (χ3n) is 1.99. The first-order valence-electron chi connectivity index (χ1n) is 4.80. The molecule has 1 rings (SSSR count). The van der Waals surface area contributed by atoms with Gasteiger partial charge in [0, 0.05) is 16.6 Å². The molecule has 0 radical (unpaired) electrons. The molecule has 0 fully saturated rings. The minimum Gasteiger partial charge on any atom is -0.468 e. The Balaban J connectivity index is 2.53. The van der Waals surface area contributed by atoms with E-state index in [1.807, 2.05) is 6.07 Å². The van der Waals surface area contributed by atoms with E-state index in [9.17, 15) is 9.59 Å². The van der Waals surface area contributed by atoms with Crippen molar-refractivity contribution >= 4 is 43.7 Å². The molecule has 1 unspecified atom stereocenters. The van der Waals surface area contributed by atoms with E-state index in [0.29, 0.717) is 5.56 Å². The Morgan fingerprint density at radius 1 is 1.47 bits per heavy atom. The molecule has 0 saturated heterocycles. The highest BCUT2D eigenvalue weighted by molar-refractivity contribution is 9.10. The van der Waals surface area contributed by atoms with E-state index in [1.54, 1.807) is 18.2 Å². The quantitative estimate of drug-likeness (QED) is 0.657. The number of ether oxygens (including phenoxy) is 1. The Labute approximate surface area is 116 Å². The number of hydrogen-bond donors (Lipinski definition) is 1. The van der Waals surface area contributed by atoms with E-state index in [0.717, 1.165) is 4.47 Å². The van der Waals surface area contributed by atoms with Gasteiger partial charge in [-0.25, -0.2) is 0 Å². The zero-order valence-electron chi connectivity index (χ0n) is 9.07. The zero-order valence-corrected chi connectivity index (χ0v) is 12.2. The second-order valence-corrected chi connectivity index (χ2v) is 5.23. The predicted molar refractivity (Wildman–Crippen MR) is 71.2 cm³/mol. The summed E-state index contributed by atoms with van der Waals surface area (Å²) >= 11 is 6.40. The van der Waals surface area contributed by atoms with Gasteiger partial charge in [-0.3, -0.25) is 9.59 Å². The van der Waals surface area contributed by atoms with Gasteiger partial charge >= 0.3 is 5.97 Å². The number of esters is 1. The zero-order chi connectivity index (χ0) is 12.8. The summed E-state index contributed by atoms with van der Waals surface area (Å²) in [6, 6.07) is 7.00. The molecule has 6 heteroatoms. The molecule has 1 atom stereocenters. The molecule has 1 aromatic rings. The van der Waals surface area contributed by atoms with Crippen LogP contribution >= 0.6 is 31.9 Å². The summed E-state index contributed by atoms with van der Waals surface area (Å²) in [6.45, 7) is 0.179. The van der Waals surface area contributed by atoms with Crippen molar-refractivity contribution in [2.75, 3.05) is 13.7 Å². The van der Waals surface area contributed by atoms with E-state index >= 15 is 0 Å². The van der Waals surface area contributed by atoms with Crippen LogP contribution in [-0.2, 0) is 9.53 Å². The SMILES string of the molecule is COC(=O)C(Br)CNC(=O)c1cccc(Br)c1. The topological polar surface area (TPSA) is 55.4 Å². The molecule has 0 spiro atoms. The smallest absolute Gasteiger partial charge is 0.321 e. The molecule has 1 N–H and O–H groups in total. The largest absolute Gasteiger partial charge is 0.468 e. The Bertz CT molecular complexity index is 423. The van der Waals surface area contributed by atoms with Gasteiger partial charge in [0.1, 0.15) is 4.83 Å². The minimum atomic E-state index is -0.538. The molecule has 0 aromatic heterocycles. The summed E-state index contributed by atoms with van der Waals surface area (Å²) in [5.74, 6) is -0.654. The standard InChI is InChI=1S/C11H11Br2NO3/c1-17-11(16)9(13)6-14-10(15)7-3-2-4-8(12)5-7/h2-5,9H,6H2,1H3,(H,14,15). The number of nitrogens with one attached hydrogen (secondary N) is 1. The maximum atomic E-state index is 11.7. The number of carbonyl (C=O) groups excluding carboxylic acids is 2. The molecule has 0 saturated carbocycles. The van der Waals surface area contributed by atoms with E-state index in [4.69, 9.17) is 0 Å². The third-order valence-corrected chi connectivity index (χ3v) is 3.18. The van der Waals surface area contributed by atoms with Crippen molar-refractivity contribution in [3.63, 3.8) is 0 Å². The summed E-state index contributed by atoms with van der Waals surface area (Å²) in [7, 11) is 1.30. The molecule has 1 aromatic carbocycles. The molecule has 92 valence electrons. The first kappa shape index (κ1) is 14.2. The Morgan fingerprint density at radius 3 is 2.76 bits per heavy atom. The lowest BCUT2D eigenvalue weighted by Crippen LogP contribution is -2.33. The van der Waals surface area contributed by atoms with Crippen LogP contribution in [0, 0.1) is 0 Å². The van der Waals surface area contributed by atoms with Crippen molar-refractivity contribution in [2.24, 2.45) is 0 Å². The number of halogens is 2. The van der Waals surface area contributed by atoms with Crippen molar-refractivity contribution in [3.05, 3.63) is 34.3 Å². The van der Waals surface area contributed by atoms with Gasteiger partial charge in [0.25, 0.3) is 5.91 Å². The number of hydrogen-bond acceptors (Lipinski definition) is 3. The molecule has 0 bridgehead atoms. The fourth-order valence-electron chi connectivity index (χ4n) is 1.13. The van der Waals surface area contributed by atoms with Crippen LogP contribution in [0.4, 0.5) is 0 Å². The Kier molecular flexibility index (Phi) is 5.64. The van der Waals surface area contributed by atoms with Crippen LogP contribution in [0.3, 0.4) is 0 Å². The minimum absolute atomic E-state index is 0.179. The van der Waals surface area contributed by atoms with Crippen LogP contribution in [0.1, 0.15) is 10.4 Å². The van der Waals surface area contributed by atoms with Gasteiger partial charge in [-0.15, -0.1) is 0 Å². The van der Waals surface area contributed by atoms with Crippen LogP contribution in [0.5, 0.6) is 0 Å². The van der Waals surface area contributed by atoms with E-state index in [2.05, 4.69) is 41.9 Å². The normalized spacial score (nSPS) is 11.7. The maximum absolute atomic E-state index is 11.7. The van der Waals surface area contributed by atoms with Crippen LogP contribution in [0.2, 0.25) is 0 Å². The van der Waals surface area contributed by atoms with E-state index in [-0.39, 0.29) is 12.5 Å². The maximum Gasteiger partial charge on any atom is 0.321 e. The second kappa shape index (κ2) is 6.76. The summed E-state index contributed by atoms with van der Waals surface area (Å²) < 4.78 is 5.35. The van der Waals surface area contributed by atoms with Gasteiger partial charge in [-0.1, -0.05) is 37.9 Å². The van der Waals surface area contributed by atoms with Gasteiger partial charge in [-0.05, 0) is 18.2 Å². The van der Waals surface area contributed by atoms with Gasteiger partial charge in [-0.2, -0.15) is 0 Å². The number of methoxy groups -OCH3 is 1. The molecule has 1 amide bonds.